The summed E-state index contributed by atoms with van der Waals surface area (Å²) in [5.74, 6) is 1.16. The van der Waals surface area contributed by atoms with Gasteiger partial charge in [-0.2, -0.15) is 0 Å². The Labute approximate surface area is 138 Å². The molecule has 1 saturated heterocycles. The van der Waals surface area contributed by atoms with Crippen molar-refractivity contribution in [3.05, 3.63) is 0 Å². The number of methoxy groups -OCH3 is 1. The number of nitrogens with zero attached hydrogens (tertiary/aromatic N) is 1. The van der Waals surface area contributed by atoms with E-state index in [1.54, 1.807) is 7.11 Å². The van der Waals surface area contributed by atoms with Gasteiger partial charge in [0, 0.05) is 31.1 Å². The first-order valence-electron chi connectivity index (χ1n) is 7.38. The molecule has 2 saturated carbocycles. The van der Waals surface area contributed by atoms with Crippen LogP contribution in [0.4, 0.5) is 0 Å². The van der Waals surface area contributed by atoms with Crippen LogP contribution in [0.15, 0.2) is 4.99 Å². The number of hydrogen-bond acceptors (Lipinski definition) is 3. The van der Waals surface area contributed by atoms with E-state index in [-0.39, 0.29) is 30.0 Å². The van der Waals surface area contributed by atoms with Crippen molar-refractivity contribution in [2.75, 3.05) is 20.3 Å². The van der Waals surface area contributed by atoms with Gasteiger partial charge in [-0.25, -0.2) is 4.99 Å². The largest absolute Gasteiger partial charge is 0.383 e. The molecule has 3 rings (SSSR count). The number of rotatable bonds is 4. The summed E-state index contributed by atoms with van der Waals surface area (Å²) in [6, 6.07) is 0.567. The molecule has 6 heteroatoms. The van der Waals surface area contributed by atoms with E-state index in [9.17, 15) is 0 Å². The third kappa shape index (κ3) is 2.54. The maximum atomic E-state index is 6.04. The normalized spacial score (nSPS) is 35.5. The minimum Gasteiger partial charge on any atom is -0.383 e. The van der Waals surface area contributed by atoms with Crippen molar-refractivity contribution in [2.24, 2.45) is 22.1 Å². The van der Waals surface area contributed by atoms with Gasteiger partial charge in [-0.05, 0) is 26.2 Å². The highest BCUT2D eigenvalue weighted by Gasteiger charge is 2.66. The molecule has 4 unspecified atom stereocenters. The number of fused-ring (bicyclic) bond motifs is 2. The van der Waals surface area contributed by atoms with Crippen LogP contribution < -0.4 is 11.1 Å². The second-order valence-corrected chi connectivity index (χ2v) is 6.29. The second-order valence-electron chi connectivity index (χ2n) is 6.29. The molecule has 0 amide bonds. The molecular weight excluding hydrogens is 369 g/mol. The monoisotopic (exact) mass is 395 g/mol. The summed E-state index contributed by atoms with van der Waals surface area (Å²) in [5, 5.41) is 3.21. The van der Waals surface area contributed by atoms with Gasteiger partial charge in [0.1, 0.15) is 0 Å². The molecule has 20 heavy (non-hydrogen) atoms. The first kappa shape index (κ1) is 16.3. The molecule has 1 heterocycles. The van der Waals surface area contributed by atoms with Gasteiger partial charge in [-0.15, -0.1) is 24.0 Å². The summed E-state index contributed by atoms with van der Waals surface area (Å²) in [6.45, 7) is 3.59. The maximum absolute atomic E-state index is 6.04. The maximum Gasteiger partial charge on any atom is 0.189 e. The fourth-order valence-corrected chi connectivity index (χ4v) is 4.12. The number of nitrogens with one attached hydrogen (secondary N) is 1. The van der Waals surface area contributed by atoms with E-state index in [0.29, 0.717) is 36.0 Å². The van der Waals surface area contributed by atoms with Crippen molar-refractivity contribution >= 4 is 29.9 Å². The average Bonchev–Trinajstić information content (AvgIpc) is 2.69. The molecule has 0 bridgehead atoms. The molecule has 1 spiro atoms. The van der Waals surface area contributed by atoms with Crippen LogP contribution in [0, 0.1) is 11.3 Å². The molecule has 116 valence electrons. The Morgan fingerprint density at radius 2 is 2.30 bits per heavy atom. The topological polar surface area (TPSA) is 68.9 Å². The Balaban J connectivity index is 0.00000147. The third-order valence-corrected chi connectivity index (χ3v) is 5.07. The Bertz CT molecular complexity index is 373. The van der Waals surface area contributed by atoms with E-state index in [1.807, 2.05) is 6.92 Å². The molecule has 0 aromatic heterocycles. The van der Waals surface area contributed by atoms with E-state index >= 15 is 0 Å². The number of nitrogens with two attached hydrogens (primary N) is 1. The van der Waals surface area contributed by atoms with Gasteiger partial charge >= 0.3 is 0 Å². The summed E-state index contributed by atoms with van der Waals surface area (Å²) in [7, 11) is 1.70. The average molecular weight is 395 g/mol. The molecular formula is C14H26IN3O2. The quantitative estimate of drug-likeness (QED) is 0.430. The molecule has 3 fully saturated rings. The van der Waals surface area contributed by atoms with E-state index in [4.69, 9.17) is 20.2 Å². The van der Waals surface area contributed by atoms with Gasteiger partial charge in [-0.1, -0.05) is 6.42 Å². The lowest BCUT2D eigenvalue weighted by Crippen LogP contribution is -2.66. The van der Waals surface area contributed by atoms with E-state index < -0.39 is 0 Å². The minimum absolute atomic E-state index is 0. The fraction of sp³-hybridized carbons (Fsp3) is 0.929. The van der Waals surface area contributed by atoms with Crippen molar-refractivity contribution in [3.8, 4) is 0 Å². The molecule has 0 aromatic carbocycles. The van der Waals surface area contributed by atoms with Gasteiger partial charge in [0.05, 0.1) is 18.8 Å². The van der Waals surface area contributed by atoms with Crippen LogP contribution in [-0.2, 0) is 9.47 Å². The molecule has 1 aliphatic heterocycles. The zero-order valence-electron chi connectivity index (χ0n) is 12.3. The van der Waals surface area contributed by atoms with Crippen LogP contribution in [-0.4, -0.2) is 44.5 Å². The van der Waals surface area contributed by atoms with Crippen LogP contribution in [0.1, 0.15) is 32.6 Å². The summed E-state index contributed by atoms with van der Waals surface area (Å²) < 4.78 is 11.0. The molecule has 0 radical (unpaired) electrons. The van der Waals surface area contributed by atoms with Gasteiger partial charge in [0.15, 0.2) is 5.96 Å². The lowest BCUT2D eigenvalue weighted by Gasteiger charge is -2.61. The third-order valence-electron chi connectivity index (χ3n) is 5.07. The molecule has 2 aliphatic carbocycles. The molecule has 4 atom stereocenters. The van der Waals surface area contributed by atoms with E-state index in [0.717, 1.165) is 13.0 Å². The standard InChI is InChI=1S/C14H25N3O2.HI/c1-9(8-18-2)16-13(15)17-11-10-4-7-19-12(10)14(11)5-3-6-14;/h9-12H,3-8H2,1-2H3,(H3,15,16,17);1H. The summed E-state index contributed by atoms with van der Waals surface area (Å²) in [5.41, 5.74) is 6.36. The van der Waals surface area contributed by atoms with Crippen molar-refractivity contribution < 1.29 is 9.47 Å². The highest BCUT2D eigenvalue weighted by molar-refractivity contribution is 14.0. The SMILES string of the molecule is COCC(C)NC(N)=NC1C2CCOC2C12CCC2.I. The predicted octanol–water partition coefficient (Wildman–Crippen LogP) is 1.50. The van der Waals surface area contributed by atoms with Crippen LogP contribution in [0.25, 0.3) is 0 Å². The smallest absolute Gasteiger partial charge is 0.189 e. The summed E-state index contributed by atoms with van der Waals surface area (Å²) >= 11 is 0. The number of aliphatic imine (C=N–C) groups is 1. The molecule has 3 N–H and O–H groups in total. The van der Waals surface area contributed by atoms with Gasteiger partial charge < -0.3 is 20.5 Å². The van der Waals surface area contributed by atoms with Crippen LogP contribution in [0.2, 0.25) is 0 Å². The minimum atomic E-state index is 0. The van der Waals surface area contributed by atoms with Gasteiger partial charge in [0.25, 0.3) is 0 Å². The number of hydrogen-bond donors (Lipinski definition) is 2. The number of ether oxygens (including phenoxy) is 2. The number of guanidine groups is 1. The van der Waals surface area contributed by atoms with Crippen molar-refractivity contribution in [1.82, 2.24) is 5.32 Å². The number of halogens is 1. The van der Waals surface area contributed by atoms with Crippen molar-refractivity contribution in [3.63, 3.8) is 0 Å². The van der Waals surface area contributed by atoms with Crippen molar-refractivity contribution in [1.29, 1.82) is 0 Å². The zero-order chi connectivity index (χ0) is 13.5. The van der Waals surface area contributed by atoms with Crippen LogP contribution >= 0.6 is 24.0 Å². The highest BCUT2D eigenvalue weighted by Crippen LogP contribution is 2.64. The second kappa shape index (κ2) is 6.36. The highest BCUT2D eigenvalue weighted by atomic mass is 127. The first-order chi connectivity index (χ1) is 9.17. The van der Waals surface area contributed by atoms with Crippen LogP contribution in [0.3, 0.4) is 0 Å². The molecule has 5 nitrogen and oxygen atoms in total. The zero-order valence-corrected chi connectivity index (χ0v) is 14.6. The van der Waals surface area contributed by atoms with Crippen molar-refractivity contribution in [2.45, 2.75) is 50.8 Å². The Morgan fingerprint density at radius 3 is 2.90 bits per heavy atom. The van der Waals surface area contributed by atoms with E-state index in [1.165, 1.54) is 19.3 Å². The lowest BCUT2D eigenvalue weighted by atomic mass is 9.46. The Morgan fingerprint density at radius 1 is 1.55 bits per heavy atom. The van der Waals surface area contributed by atoms with Crippen LogP contribution in [0.5, 0.6) is 0 Å². The summed E-state index contributed by atoms with van der Waals surface area (Å²) in [4.78, 5) is 4.77. The van der Waals surface area contributed by atoms with E-state index in [2.05, 4.69) is 5.32 Å². The Kier molecular flexibility index (Phi) is 5.18. The molecule has 0 aromatic rings. The fourth-order valence-electron chi connectivity index (χ4n) is 4.12. The van der Waals surface area contributed by atoms with Gasteiger partial charge in [0.2, 0.25) is 0 Å². The predicted molar refractivity (Wildman–Crippen MR) is 89.4 cm³/mol. The Hall–Kier alpha value is -0.0800. The van der Waals surface area contributed by atoms with Gasteiger partial charge in [-0.3, -0.25) is 0 Å². The first-order valence-corrected chi connectivity index (χ1v) is 7.38. The molecule has 3 aliphatic rings. The lowest BCUT2D eigenvalue weighted by molar-refractivity contribution is -0.164. The summed E-state index contributed by atoms with van der Waals surface area (Å²) in [6.07, 6.45) is 5.42.